The number of aryl methyl sites for hydroxylation is 1. The minimum atomic E-state index is -3.53. The largest absolute Gasteiger partial charge is 0.377 e. The van der Waals surface area contributed by atoms with Crippen molar-refractivity contribution in [1.29, 1.82) is 0 Å². The van der Waals surface area contributed by atoms with Crippen LogP contribution < -0.4 is 4.90 Å². The van der Waals surface area contributed by atoms with Crippen molar-refractivity contribution in [2.24, 2.45) is 0 Å². The van der Waals surface area contributed by atoms with Crippen molar-refractivity contribution in [3.8, 4) is 5.69 Å². The average Bonchev–Trinajstić information content (AvgIpc) is 3.21. The molecule has 0 unspecified atom stereocenters. The molecule has 1 aliphatic heterocycles. The fraction of sp³-hybridized carbons (Fsp3) is 0.292. The quantitative estimate of drug-likeness (QED) is 0.421. The maximum atomic E-state index is 13.0. The molecule has 1 saturated heterocycles. The number of hydrogen-bond acceptors (Lipinski definition) is 7. The van der Waals surface area contributed by atoms with Crippen molar-refractivity contribution in [3.63, 3.8) is 0 Å². The summed E-state index contributed by atoms with van der Waals surface area (Å²) in [5.41, 5.74) is 2.43. The summed E-state index contributed by atoms with van der Waals surface area (Å²) in [7, 11) is -1.92. The van der Waals surface area contributed by atoms with Gasteiger partial charge in [0.05, 0.1) is 21.7 Å². The van der Waals surface area contributed by atoms with Crippen molar-refractivity contribution < 1.29 is 13.2 Å². The number of rotatable bonds is 6. The maximum absolute atomic E-state index is 13.0. The van der Waals surface area contributed by atoms with E-state index in [1.807, 2.05) is 48.0 Å². The van der Waals surface area contributed by atoms with Gasteiger partial charge in [-0.2, -0.15) is 9.40 Å². The molecule has 2 aromatic carbocycles. The third kappa shape index (κ3) is 4.04. The molecule has 0 amide bonds. The van der Waals surface area contributed by atoms with Crippen LogP contribution in [-0.2, 0) is 21.4 Å². The van der Waals surface area contributed by atoms with Gasteiger partial charge in [0.2, 0.25) is 10.0 Å². The van der Waals surface area contributed by atoms with Crippen LogP contribution in [-0.4, -0.2) is 65.8 Å². The van der Waals surface area contributed by atoms with Gasteiger partial charge in [-0.05, 0) is 31.2 Å². The first-order valence-corrected chi connectivity index (χ1v) is 12.5. The van der Waals surface area contributed by atoms with Crippen LogP contribution in [0.1, 0.15) is 11.5 Å². The molecule has 4 aromatic rings. The first-order chi connectivity index (χ1) is 16.5. The Labute approximate surface area is 198 Å². The van der Waals surface area contributed by atoms with Crippen molar-refractivity contribution in [1.82, 2.24) is 24.1 Å². The summed E-state index contributed by atoms with van der Waals surface area (Å²) < 4.78 is 34.8. The molecule has 0 saturated carbocycles. The van der Waals surface area contributed by atoms with Gasteiger partial charge in [0.25, 0.3) is 0 Å². The molecule has 0 atom stereocenters. The van der Waals surface area contributed by atoms with Crippen LogP contribution in [0.3, 0.4) is 0 Å². The summed E-state index contributed by atoms with van der Waals surface area (Å²) in [6, 6.07) is 18.4. The van der Waals surface area contributed by atoms with Crippen molar-refractivity contribution >= 4 is 26.9 Å². The van der Waals surface area contributed by atoms with E-state index < -0.39 is 10.0 Å². The van der Waals surface area contributed by atoms with E-state index >= 15 is 0 Å². The molecular formula is C24H26N6O3S. The monoisotopic (exact) mass is 478 g/mol. The first kappa shape index (κ1) is 22.5. The van der Waals surface area contributed by atoms with Crippen LogP contribution in [0.4, 0.5) is 5.82 Å². The standard InChI is InChI=1S/C24H26N6O3S/c1-18-22-23(28-13-15-29(16-14-28)34(31,32)20-11-7-4-8-12-20)25-21(17-33-2)26-24(22)30(27-18)19-9-5-3-6-10-19/h3-12H,13-17H2,1-2H3. The van der Waals surface area contributed by atoms with Gasteiger partial charge in [-0.25, -0.2) is 23.1 Å². The molecule has 176 valence electrons. The molecule has 0 radical (unpaired) electrons. The summed E-state index contributed by atoms with van der Waals surface area (Å²) in [5, 5.41) is 5.61. The fourth-order valence-electron chi connectivity index (χ4n) is 4.26. The number of piperazine rings is 1. The Morgan fingerprint density at radius 2 is 1.56 bits per heavy atom. The Bertz CT molecular complexity index is 1400. The Balaban J connectivity index is 1.50. The smallest absolute Gasteiger partial charge is 0.243 e. The molecule has 10 heteroatoms. The minimum absolute atomic E-state index is 0.268. The van der Waals surface area contributed by atoms with Crippen LogP contribution in [0, 0.1) is 6.92 Å². The highest BCUT2D eigenvalue weighted by Gasteiger charge is 2.30. The van der Waals surface area contributed by atoms with Crippen molar-refractivity contribution in [3.05, 3.63) is 72.2 Å². The SMILES string of the molecule is COCc1nc(N2CCN(S(=O)(=O)c3ccccc3)CC2)c2c(C)nn(-c3ccccc3)c2n1. The Morgan fingerprint density at radius 1 is 0.912 bits per heavy atom. The molecule has 5 rings (SSSR count). The predicted molar refractivity (Wildman–Crippen MR) is 130 cm³/mol. The minimum Gasteiger partial charge on any atom is -0.377 e. The average molecular weight is 479 g/mol. The Kier molecular flexibility index (Phi) is 6.03. The van der Waals surface area contributed by atoms with E-state index in [0.29, 0.717) is 42.5 Å². The number of ether oxygens (including phenoxy) is 1. The zero-order valence-corrected chi connectivity index (χ0v) is 19.9. The van der Waals surface area contributed by atoms with Gasteiger partial charge in [0.1, 0.15) is 12.4 Å². The third-order valence-electron chi connectivity index (χ3n) is 5.92. The zero-order chi connectivity index (χ0) is 23.7. The fourth-order valence-corrected chi connectivity index (χ4v) is 5.70. The van der Waals surface area contributed by atoms with Gasteiger partial charge in [-0.15, -0.1) is 0 Å². The van der Waals surface area contributed by atoms with Crippen LogP contribution in [0.25, 0.3) is 16.7 Å². The predicted octanol–water partition coefficient (Wildman–Crippen LogP) is 2.78. The molecule has 0 spiro atoms. The molecule has 0 bridgehead atoms. The second-order valence-electron chi connectivity index (χ2n) is 8.13. The van der Waals surface area contributed by atoms with Gasteiger partial charge in [-0.3, -0.25) is 0 Å². The number of methoxy groups -OCH3 is 1. The number of fused-ring (bicyclic) bond motifs is 1. The molecular weight excluding hydrogens is 452 g/mol. The van der Waals surface area contributed by atoms with Crippen LogP contribution in [0.2, 0.25) is 0 Å². The highest BCUT2D eigenvalue weighted by Crippen LogP contribution is 2.30. The summed E-state index contributed by atoms with van der Waals surface area (Å²) in [4.78, 5) is 12.0. The van der Waals surface area contributed by atoms with Gasteiger partial charge in [-0.1, -0.05) is 36.4 Å². The molecule has 2 aromatic heterocycles. The van der Waals surface area contributed by atoms with Crippen LogP contribution in [0.15, 0.2) is 65.6 Å². The second-order valence-corrected chi connectivity index (χ2v) is 10.1. The van der Waals surface area contributed by atoms with Crippen molar-refractivity contribution in [2.75, 3.05) is 38.2 Å². The first-order valence-electron chi connectivity index (χ1n) is 11.1. The lowest BCUT2D eigenvalue weighted by molar-refractivity contribution is 0.178. The number of para-hydroxylation sites is 1. The zero-order valence-electron chi connectivity index (χ0n) is 19.1. The third-order valence-corrected chi connectivity index (χ3v) is 7.84. The second kappa shape index (κ2) is 9.13. The van der Waals surface area contributed by atoms with E-state index in [4.69, 9.17) is 19.8 Å². The van der Waals surface area contributed by atoms with Gasteiger partial charge in [0, 0.05) is 33.3 Å². The Hall–Kier alpha value is -3.34. The summed E-state index contributed by atoms with van der Waals surface area (Å²) in [6.07, 6.45) is 0. The molecule has 3 heterocycles. The Morgan fingerprint density at radius 3 is 2.21 bits per heavy atom. The number of anilines is 1. The van der Waals surface area contributed by atoms with E-state index in [0.717, 1.165) is 22.6 Å². The molecule has 0 N–H and O–H groups in total. The van der Waals surface area contributed by atoms with E-state index in [-0.39, 0.29) is 6.61 Å². The van der Waals surface area contributed by atoms with E-state index in [1.54, 1.807) is 31.4 Å². The van der Waals surface area contributed by atoms with Gasteiger partial charge in [0.15, 0.2) is 11.5 Å². The summed E-state index contributed by atoms with van der Waals surface area (Å²) in [5.74, 6) is 1.31. The number of hydrogen-bond donors (Lipinski definition) is 0. The van der Waals surface area contributed by atoms with E-state index in [2.05, 4.69) is 4.90 Å². The highest BCUT2D eigenvalue weighted by molar-refractivity contribution is 7.89. The summed E-state index contributed by atoms with van der Waals surface area (Å²) in [6.45, 7) is 3.98. The summed E-state index contributed by atoms with van der Waals surface area (Å²) >= 11 is 0. The van der Waals surface area contributed by atoms with Gasteiger partial charge >= 0.3 is 0 Å². The molecule has 9 nitrogen and oxygen atoms in total. The lowest BCUT2D eigenvalue weighted by Crippen LogP contribution is -2.49. The number of aromatic nitrogens is 4. The van der Waals surface area contributed by atoms with Gasteiger partial charge < -0.3 is 9.64 Å². The number of benzene rings is 2. The van der Waals surface area contributed by atoms with Crippen LogP contribution >= 0.6 is 0 Å². The number of nitrogens with zero attached hydrogens (tertiary/aromatic N) is 6. The molecule has 34 heavy (non-hydrogen) atoms. The maximum Gasteiger partial charge on any atom is 0.243 e. The van der Waals surface area contributed by atoms with E-state index in [1.165, 1.54) is 4.31 Å². The molecule has 1 fully saturated rings. The van der Waals surface area contributed by atoms with Crippen LogP contribution in [0.5, 0.6) is 0 Å². The topological polar surface area (TPSA) is 93.5 Å². The number of sulfonamides is 1. The molecule has 1 aliphatic rings. The highest BCUT2D eigenvalue weighted by atomic mass is 32.2. The normalized spacial score (nSPS) is 15.2. The molecule has 0 aliphatic carbocycles. The lowest BCUT2D eigenvalue weighted by Gasteiger charge is -2.35. The van der Waals surface area contributed by atoms with Crippen molar-refractivity contribution in [2.45, 2.75) is 18.4 Å². The van der Waals surface area contributed by atoms with E-state index in [9.17, 15) is 8.42 Å². The lowest BCUT2D eigenvalue weighted by atomic mass is 10.2.